The van der Waals surface area contributed by atoms with Crippen molar-refractivity contribution in [3.63, 3.8) is 0 Å². The fourth-order valence-electron chi connectivity index (χ4n) is 3.48. The number of rotatable bonds is 6. The lowest BCUT2D eigenvalue weighted by atomic mass is 9.86. The first kappa shape index (κ1) is 11.9. The van der Waals surface area contributed by atoms with Crippen LogP contribution in [0.4, 0.5) is 0 Å². The van der Waals surface area contributed by atoms with Gasteiger partial charge in [-0.2, -0.15) is 0 Å². The van der Waals surface area contributed by atoms with Crippen LogP contribution in [0.5, 0.6) is 0 Å². The summed E-state index contributed by atoms with van der Waals surface area (Å²) in [6.07, 6.45) is 8.37. The Balaban J connectivity index is 1.56. The fourth-order valence-corrected chi connectivity index (χ4v) is 3.48. The third-order valence-electron chi connectivity index (χ3n) is 4.33. The number of hydrogen-bond donors (Lipinski definition) is 2. The van der Waals surface area contributed by atoms with Crippen molar-refractivity contribution >= 4 is 5.91 Å². The van der Waals surface area contributed by atoms with Crippen molar-refractivity contribution in [3.8, 4) is 0 Å². The van der Waals surface area contributed by atoms with E-state index in [2.05, 4.69) is 5.32 Å². The molecule has 2 aliphatic rings. The van der Waals surface area contributed by atoms with Crippen LogP contribution < -0.4 is 11.1 Å². The minimum absolute atomic E-state index is 0.175. The van der Waals surface area contributed by atoms with Gasteiger partial charge in [0.25, 0.3) is 0 Å². The molecule has 0 aromatic carbocycles. The summed E-state index contributed by atoms with van der Waals surface area (Å²) in [6.45, 7) is 1.48. The Labute approximate surface area is 98.2 Å². The zero-order valence-corrected chi connectivity index (χ0v) is 10.1. The molecule has 2 rings (SSSR count). The van der Waals surface area contributed by atoms with Gasteiger partial charge in [-0.15, -0.1) is 0 Å². The molecule has 0 spiro atoms. The second-order valence-electron chi connectivity index (χ2n) is 5.47. The monoisotopic (exact) mass is 224 g/mol. The maximum absolute atomic E-state index is 11.4. The summed E-state index contributed by atoms with van der Waals surface area (Å²) >= 11 is 0. The highest BCUT2D eigenvalue weighted by Crippen LogP contribution is 2.49. The Morgan fingerprint density at radius 3 is 2.81 bits per heavy atom. The molecule has 3 nitrogen and oxygen atoms in total. The Kier molecular flexibility index (Phi) is 4.22. The lowest BCUT2D eigenvalue weighted by Crippen LogP contribution is -2.27. The van der Waals surface area contributed by atoms with E-state index < -0.39 is 0 Å². The maximum Gasteiger partial charge on any atom is 0.220 e. The predicted molar refractivity (Wildman–Crippen MR) is 64.9 cm³/mol. The molecule has 1 amide bonds. The summed E-state index contributed by atoms with van der Waals surface area (Å²) in [5.41, 5.74) is 5.37. The molecule has 2 aliphatic carbocycles. The Bertz CT molecular complexity index is 242. The van der Waals surface area contributed by atoms with Gasteiger partial charge in [-0.05, 0) is 56.4 Å². The zero-order valence-electron chi connectivity index (χ0n) is 10.1. The largest absolute Gasteiger partial charge is 0.356 e. The number of fused-ring (bicyclic) bond motifs is 2. The summed E-state index contributed by atoms with van der Waals surface area (Å²) in [4.78, 5) is 11.4. The van der Waals surface area contributed by atoms with Gasteiger partial charge in [-0.3, -0.25) is 4.79 Å². The summed E-state index contributed by atoms with van der Waals surface area (Å²) < 4.78 is 0. The first-order valence-electron chi connectivity index (χ1n) is 6.76. The van der Waals surface area contributed by atoms with Crippen LogP contribution in [0.15, 0.2) is 0 Å². The molecule has 2 bridgehead atoms. The molecular weight excluding hydrogens is 200 g/mol. The molecule has 0 aromatic rings. The van der Waals surface area contributed by atoms with E-state index in [9.17, 15) is 4.79 Å². The SMILES string of the molecule is NCCCC(=O)NCCC1CC2CCC1C2. The molecule has 92 valence electrons. The quantitative estimate of drug-likeness (QED) is 0.721. The molecule has 16 heavy (non-hydrogen) atoms. The van der Waals surface area contributed by atoms with E-state index in [-0.39, 0.29) is 5.91 Å². The second-order valence-corrected chi connectivity index (χ2v) is 5.47. The molecule has 0 saturated heterocycles. The lowest BCUT2D eigenvalue weighted by molar-refractivity contribution is -0.121. The average Bonchev–Trinajstić information content (AvgIpc) is 2.88. The number of carbonyl (C=O) groups is 1. The van der Waals surface area contributed by atoms with Crippen LogP contribution in [0, 0.1) is 17.8 Å². The topological polar surface area (TPSA) is 55.1 Å². The number of carbonyl (C=O) groups excluding carboxylic acids is 1. The first-order chi connectivity index (χ1) is 7.79. The van der Waals surface area contributed by atoms with Crippen molar-refractivity contribution in [1.29, 1.82) is 0 Å². The molecule has 0 heterocycles. The molecule has 2 saturated carbocycles. The highest BCUT2D eigenvalue weighted by Gasteiger charge is 2.38. The van der Waals surface area contributed by atoms with E-state index in [1.165, 1.54) is 32.1 Å². The van der Waals surface area contributed by atoms with Gasteiger partial charge in [0, 0.05) is 13.0 Å². The summed E-state index contributed by atoms with van der Waals surface area (Å²) in [5.74, 6) is 3.07. The smallest absolute Gasteiger partial charge is 0.220 e. The van der Waals surface area contributed by atoms with Crippen molar-refractivity contribution in [3.05, 3.63) is 0 Å². The van der Waals surface area contributed by atoms with Crippen LogP contribution in [0.2, 0.25) is 0 Å². The van der Waals surface area contributed by atoms with E-state index in [1.54, 1.807) is 0 Å². The van der Waals surface area contributed by atoms with Gasteiger partial charge in [-0.1, -0.05) is 6.42 Å². The summed E-state index contributed by atoms with van der Waals surface area (Å²) in [6, 6.07) is 0. The van der Waals surface area contributed by atoms with Crippen molar-refractivity contribution in [2.75, 3.05) is 13.1 Å². The molecule has 3 unspecified atom stereocenters. The molecule has 0 aromatic heterocycles. The number of amides is 1. The highest BCUT2D eigenvalue weighted by atomic mass is 16.1. The van der Waals surface area contributed by atoms with Crippen LogP contribution >= 0.6 is 0 Å². The highest BCUT2D eigenvalue weighted by molar-refractivity contribution is 5.75. The first-order valence-corrected chi connectivity index (χ1v) is 6.76. The summed E-state index contributed by atoms with van der Waals surface area (Å²) in [7, 11) is 0. The molecule has 0 aliphatic heterocycles. The van der Waals surface area contributed by atoms with Crippen LogP contribution in [0.3, 0.4) is 0 Å². The van der Waals surface area contributed by atoms with Gasteiger partial charge in [0.2, 0.25) is 5.91 Å². The molecule has 3 atom stereocenters. The van der Waals surface area contributed by atoms with Gasteiger partial charge >= 0.3 is 0 Å². The van der Waals surface area contributed by atoms with Gasteiger partial charge in [0.15, 0.2) is 0 Å². The van der Waals surface area contributed by atoms with Crippen LogP contribution in [-0.2, 0) is 4.79 Å². The Morgan fingerprint density at radius 2 is 2.19 bits per heavy atom. The normalized spacial score (nSPS) is 31.9. The standard InChI is InChI=1S/C13H24N2O/c14-6-1-2-13(16)15-7-5-12-9-10-3-4-11(12)8-10/h10-12H,1-9,14H2,(H,15,16). The van der Waals surface area contributed by atoms with Gasteiger partial charge < -0.3 is 11.1 Å². The molecule has 3 N–H and O–H groups in total. The van der Waals surface area contributed by atoms with Crippen molar-refractivity contribution in [2.24, 2.45) is 23.5 Å². The molecular formula is C13H24N2O. The van der Waals surface area contributed by atoms with Crippen LogP contribution in [0.25, 0.3) is 0 Å². The lowest BCUT2D eigenvalue weighted by Gasteiger charge is -2.21. The molecule has 3 heteroatoms. The number of nitrogens with two attached hydrogens (primary N) is 1. The minimum atomic E-state index is 0.175. The molecule has 2 fully saturated rings. The van der Waals surface area contributed by atoms with E-state index in [0.29, 0.717) is 13.0 Å². The average molecular weight is 224 g/mol. The van der Waals surface area contributed by atoms with Gasteiger partial charge in [-0.25, -0.2) is 0 Å². The van der Waals surface area contributed by atoms with E-state index in [0.717, 1.165) is 30.7 Å². The van der Waals surface area contributed by atoms with E-state index in [4.69, 9.17) is 5.73 Å². The third-order valence-corrected chi connectivity index (χ3v) is 4.33. The van der Waals surface area contributed by atoms with Crippen LogP contribution in [-0.4, -0.2) is 19.0 Å². The van der Waals surface area contributed by atoms with Crippen molar-refractivity contribution in [2.45, 2.75) is 44.9 Å². The number of hydrogen-bond acceptors (Lipinski definition) is 2. The van der Waals surface area contributed by atoms with Gasteiger partial charge in [0.05, 0.1) is 0 Å². The minimum Gasteiger partial charge on any atom is -0.356 e. The Morgan fingerprint density at radius 1 is 1.31 bits per heavy atom. The molecule has 0 radical (unpaired) electrons. The second kappa shape index (κ2) is 5.67. The van der Waals surface area contributed by atoms with Crippen LogP contribution in [0.1, 0.15) is 44.9 Å². The van der Waals surface area contributed by atoms with Crippen molar-refractivity contribution < 1.29 is 4.79 Å². The predicted octanol–water partition coefficient (Wildman–Crippen LogP) is 1.67. The van der Waals surface area contributed by atoms with E-state index in [1.807, 2.05) is 0 Å². The third kappa shape index (κ3) is 2.97. The van der Waals surface area contributed by atoms with E-state index >= 15 is 0 Å². The number of nitrogens with one attached hydrogen (secondary N) is 1. The maximum atomic E-state index is 11.4. The fraction of sp³-hybridized carbons (Fsp3) is 0.923. The Hall–Kier alpha value is -0.570. The summed E-state index contributed by atoms with van der Waals surface area (Å²) in [5, 5.41) is 3.01. The van der Waals surface area contributed by atoms with Gasteiger partial charge in [0.1, 0.15) is 0 Å². The van der Waals surface area contributed by atoms with Crippen molar-refractivity contribution in [1.82, 2.24) is 5.32 Å². The zero-order chi connectivity index (χ0) is 11.4.